The lowest BCUT2D eigenvalue weighted by molar-refractivity contribution is 0.552. The van der Waals surface area contributed by atoms with Crippen LogP contribution >= 0.6 is 11.6 Å². The zero-order chi connectivity index (χ0) is 14.7. The number of rotatable bonds is 5. The number of aromatic nitrogens is 2. The Bertz CT molecular complexity index is 593. The quantitative estimate of drug-likeness (QED) is 0.913. The number of halogens is 2. The van der Waals surface area contributed by atoms with Crippen molar-refractivity contribution in [3.63, 3.8) is 0 Å². The summed E-state index contributed by atoms with van der Waals surface area (Å²) < 4.78 is 15.0. The molecule has 0 saturated carbocycles. The Morgan fingerprint density at radius 1 is 1.40 bits per heavy atom. The van der Waals surface area contributed by atoms with E-state index >= 15 is 0 Å². The van der Waals surface area contributed by atoms with Crippen molar-refractivity contribution >= 4 is 11.6 Å². The number of nitrogens with one attached hydrogen (secondary N) is 1. The molecule has 0 radical (unpaired) electrons. The number of benzene rings is 1. The number of hydrogen-bond acceptors (Lipinski definition) is 2. The summed E-state index contributed by atoms with van der Waals surface area (Å²) in [6.07, 6.45) is 1.97. The second kappa shape index (κ2) is 6.37. The molecule has 0 spiro atoms. The Kier molecular flexibility index (Phi) is 4.78. The molecule has 0 aliphatic carbocycles. The van der Waals surface area contributed by atoms with Crippen molar-refractivity contribution < 1.29 is 4.39 Å². The average Bonchev–Trinajstić information content (AvgIpc) is 2.73. The molecular formula is C15H19ClFN3. The normalized spacial score (nSPS) is 11.3. The van der Waals surface area contributed by atoms with E-state index in [1.165, 1.54) is 6.07 Å². The lowest BCUT2D eigenvalue weighted by Crippen LogP contribution is -2.19. The third-order valence-electron chi connectivity index (χ3n) is 2.97. The van der Waals surface area contributed by atoms with Crippen LogP contribution < -0.4 is 5.32 Å². The summed E-state index contributed by atoms with van der Waals surface area (Å²) in [7, 11) is 1.88. The maximum atomic E-state index is 13.2. The second-order valence-corrected chi connectivity index (χ2v) is 5.74. The van der Waals surface area contributed by atoms with Crippen molar-refractivity contribution in [3.05, 3.63) is 40.8 Å². The van der Waals surface area contributed by atoms with Gasteiger partial charge in [0.25, 0.3) is 0 Å². The topological polar surface area (TPSA) is 29.9 Å². The lowest BCUT2D eigenvalue weighted by Gasteiger charge is -2.07. The minimum absolute atomic E-state index is 0.120. The van der Waals surface area contributed by atoms with Gasteiger partial charge in [-0.15, -0.1) is 0 Å². The highest BCUT2D eigenvalue weighted by molar-refractivity contribution is 6.31. The van der Waals surface area contributed by atoms with Crippen molar-refractivity contribution in [1.29, 1.82) is 0 Å². The highest BCUT2D eigenvalue weighted by Crippen LogP contribution is 2.26. The van der Waals surface area contributed by atoms with E-state index in [-0.39, 0.29) is 5.02 Å². The molecule has 0 bridgehead atoms. The highest BCUT2D eigenvalue weighted by Gasteiger charge is 2.12. The molecule has 2 aromatic rings. The van der Waals surface area contributed by atoms with Crippen LogP contribution in [0.25, 0.3) is 11.3 Å². The molecule has 0 atom stereocenters. The lowest BCUT2D eigenvalue weighted by atomic mass is 10.1. The van der Waals surface area contributed by atoms with Crippen molar-refractivity contribution in [1.82, 2.24) is 15.1 Å². The maximum absolute atomic E-state index is 13.2. The first kappa shape index (κ1) is 15.0. The molecule has 108 valence electrons. The Balaban J connectivity index is 2.24. The van der Waals surface area contributed by atoms with E-state index in [4.69, 9.17) is 11.6 Å². The van der Waals surface area contributed by atoms with E-state index in [1.807, 2.05) is 13.2 Å². The molecule has 5 heteroatoms. The van der Waals surface area contributed by atoms with Crippen LogP contribution in [0, 0.1) is 11.7 Å². The van der Waals surface area contributed by atoms with Crippen LogP contribution in [-0.2, 0) is 13.6 Å². The van der Waals surface area contributed by atoms with Gasteiger partial charge in [-0.05, 0) is 30.7 Å². The molecule has 1 aromatic carbocycles. The summed E-state index contributed by atoms with van der Waals surface area (Å²) in [5, 5.41) is 7.95. The van der Waals surface area contributed by atoms with E-state index in [0.29, 0.717) is 5.92 Å². The molecule has 0 fully saturated rings. The number of hydrogen-bond donors (Lipinski definition) is 1. The Hall–Kier alpha value is -1.39. The van der Waals surface area contributed by atoms with Crippen molar-refractivity contribution in [2.45, 2.75) is 20.4 Å². The first-order valence-electron chi connectivity index (χ1n) is 6.66. The van der Waals surface area contributed by atoms with Gasteiger partial charge in [-0.2, -0.15) is 5.10 Å². The molecule has 0 unspecified atom stereocenters. The summed E-state index contributed by atoms with van der Waals surface area (Å²) in [4.78, 5) is 0. The first-order valence-corrected chi connectivity index (χ1v) is 7.04. The second-order valence-electron chi connectivity index (χ2n) is 5.33. The van der Waals surface area contributed by atoms with Crippen molar-refractivity contribution in [3.8, 4) is 11.3 Å². The van der Waals surface area contributed by atoms with Crippen LogP contribution in [0.2, 0.25) is 5.02 Å². The molecule has 2 rings (SSSR count). The van der Waals surface area contributed by atoms with Gasteiger partial charge < -0.3 is 5.32 Å². The van der Waals surface area contributed by atoms with E-state index in [1.54, 1.807) is 16.8 Å². The van der Waals surface area contributed by atoms with E-state index in [9.17, 15) is 4.39 Å². The monoisotopic (exact) mass is 295 g/mol. The molecule has 1 heterocycles. The molecule has 0 aliphatic rings. The van der Waals surface area contributed by atoms with Crippen LogP contribution in [0.1, 0.15) is 19.4 Å². The Labute approximate surface area is 123 Å². The van der Waals surface area contributed by atoms with Gasteiger partial charge in [-0.1, -0.05) is 25.4 Å². The summed E-state index contributed by atoms with van der Waals surface area (Å²) in [5.74, 6) is 0.182. The largest absolute Gasteiger partial charge is 0.312 e. The van der Waals surface area contributed by atoms with Crippen LogP contribution in [0.15, 0.2) is 24.4 Å². The average molecular weight is 296 g/mol. The van der Waals surface area contributed by atoms with Gasteiger partial charge in [0.1, 0.15) is 5.82 Å². The van der Waals surface area contributed by atoms with Gasteiger partial charge in [0.15, 0.2) is 0 Å². The predicted octanol–water partition coefficient (Wildman–Crippen LogP) is 3.63. The number of nitrogens with zero attached hydrogens (tertiary/aromatic N) is 2. The molecule has 0 aliphatic heterocycles. The minimum Gasteiger partial charge on any atom is -0.312 e. The van der Waals surface area contributed by atoms with E-state index < -0.39 is 5.82 Å². The number of aryl methyl sites for hydroxylation is 1. The molecular weight excluding hydrogens is 277 g/mol. The van der Waals surface area contributed by atoms with Gasteiger partial charge >= 0.3 is 0 Å². The van der Waals surface area contributed by atoms with Crippen LogP contribution in [0.4, 0.5) is 4.39 Å². The Morgan fingerprint density at radius 2 is 2.15 bits per heavy atom. The third kappa shape index (κ3) is 3.58. The zero-order valence-corrected chi connectivity index (χ0v) is 12.7. The summed E-state index contributed by atoms with van der Waals surface area (Å²) in [6.45, 7) is 6.00. The molecule has 20 heavy (non-hydrogen) atoms. The van der Waals surface area contributed by atoms with Crippen LogP contribution in [0.5, 0.6) is 0 Å². The minimum atomic E-state index is -0.411. The van der Waals surface area contributed by atoms with Crippen LogP contribution in [-0.4, -0.2) is 16.3 Å². The predicted molar refractivity (Wildman–Crippen MR) is 80.2 cm³/mol. The smallest absolute Gasteiger partial charge is 0.141 e. The SMILES string of the molecule is CC(C)CNCc1cn(C)nc1-c1ccc(F)c(Cl)c1. The summed E-state index contributed by atoms with van der Waals surface area (Å²) >= 11 is 5.84. The van der Waals surface area contributed by atoms with Crippen molar-refractivity contribution in [2.24, 2.45) is 13.0 Å². The molecule has 3 nitrogen and oxygen atoms in total. The first-order chi connectivity index (χ1) is 9.47. The van der Waals surface area contributed by atoms with Gasteiger partial charge in [0, 0.05) is 30.9 Å². The molecule has 1 aromatic heterocycles. The molecule has 0 saturated heterocycles. The fourth-order valence-electron chi connectivity index (χ4n) is 2.05. The Morgan fingerprint density at radius 3 is 2.80 bits per heavy atom. The molecule has 0 amide bonds. The maximum Gasteiger partial charge on any atom is 0.141 e. The molecule has 1 N–H and O–H groups in total. The van der Waals surface area contributed by atoms with Gasteiger partial charge in [-0.3, -0.25) is 4.68 Å². The van der Waals surface area contributed by atoms with Gasteiger partial charge in [0.05, 0.1) is 10.7 Å². The fraction of sp³-hybridized carbons (Fsp3) is 0.400. The van der Waals surface area contributed by atoms with E-state index in [2.05, 4.69) is 24.3 Å². The standard InChI is InChI=1S/C15H19ClFN3/c1-10(2)7-18-8-12-9-20(3)19-15(12)11-4-5-14(17)13(16)6-11/h4-6,9-10,18H,7-8H2,1-3H3. The summed E-state index contributed by atoms with van der Waals surface area (Å²) in [5.41, 5.74) is 2.75. The van der Waals surface area contributed by atoms with Gasteiger partial charge in [0.2, 0.25) is 0 Å². The van der Waals surface area contributed by atoms with E-state index in [0.717, 1.165) is 29.9 Å². The van der Waals surface area contributed by atoms with Crippen molar-refractivity contribution in [2.75, 3.05) is 6.54 Å². The third-order valence-corrected chi connectivity index (χ3v) is 3.26. The zero-order valence-electron chi connectivity index (χ0n) is 12.0. The summed E-state index contributed by atoms with van der Waals surface area (Å²) in [6, 6.07) is 4.69. The van der Waals surface area contributed by atoms with Crippen LogP contribution in [0.3, 0.4) is 0 Å². The highest BCUT2D eigenvalue weighted by atomic mass is 35.5. The fourth-order valence-corrected chi connectivity index (χ4v) is 2.23. The van der Waals surface area contributed by atoms with Gasteiger partial charge in [-0.25, -0.2) is 4.39 Å².